The lowest BCUT2D eigenvalue weighted by atomic mass is 10.1. The Morgan fingerprint density at radius 1 is 1.05 bits per heavy atom. The molecular formula is C17H13FN2O. The number of amides is 1. The number of carbonyl (C=O) groups excluding carboxylic acids is 1. The van der Waals surface area contributed by atoms with Crippen molar-refractivity contribution in [3.63, 3.8) is 0 Å². The third kappa shape index (κ3) is 2.60. The summed E-state index contributed by atoms with van der Waals surface area (Å²) in [5, 5.41) is 5.67. The van der Waals surface area contributed by atoms with E-state index in [0.29, 0.717) is 11.3 Å². The number of anilines is 1. The third-order valence-corrected chi connectivity index (χ3v) is 3.24. The number of nitrogens with zero attached hydrogens (tertiary/aromatic N) is 2. The molecule has 4 heteroatoms. The van der Waals surface area contributed by atoms with E-state index in [-0.39, 0.29) is 11.7 Å². The van der Waals surface area contributed by atoms with Crippen LogP contribution in [-0.4, -0.2) is 11.6 Å². The molecule has 1 aliphatic rings. The van der Waals surface area contributed by atoms with Gasteiger partial charge in [0.1, 0.15) is 5.82 Å². The second kappa shape index (κ2) is 5.32. The van der Waals surface area contributed by atoms with Crippen molar-refractivity contribution in [2.45, 2.75) is 6.92 Å². The number of hydrogen-bond acceptors (Lipinski definition) is 2. The van der Waals surface area contributed by atoms with Gasteiger partial charge in [0.25, 0.3) is 5.91 Å². The number of benzene rings is 2. The molecule has 104 valence electrons. The minimum absolute atomic E-state index is 0.178. The van der Waals surface area contributed by atoms with Crippen molar-refractivity contribution in [3.8, 4) is 0 Å². The standard InChI is InChI=1S/C17H13FN2O/c1-12-16(11-13-7-9-14(18)10-8-13)17(21)20(19-12)15-5-3-2-4-6-15/h2-11H,1H3. The van der Waals surface area contributed by atoms with E-state index < -0.39 is 0 Å². The summed E-state index contributed by atoms with van der Waals surface area (Å²) < 4.78 is 12.9. The summed E-state index contributed by atoms with van der Waals surface area (Å²) >= 11 is 0. The SMILES string of the molecule is CC1=NN(c2ccccc2)C(=O)C1=Cc1ccc(F)cc1. The Kier molecular flexibility index (Phi) is 3.36. The first kappa shape index (κ1) is 13.2. The summed E-state index contributed by atoms with van der Waals surface area (Å²) in [6, 6.07) is 15.3. The Labute approximate surface area is 122 Å². The van der Waals surface area contributed by atoms with Crippen LogP contribution >= 0.6 is 0 Å². The first-order valence-corrected chi connectivity index (χ1v) is 6.57. The average Bonchev–Trinajstić information content (AvgIpc) is 2.78. The van der Waals surface area contributed by atoms with Crippen LogP contribution < -0.4 is 5.01 Å². The number of carbonyl (C=O) groups is 1. The maximum absolute atomic E-state index is 12.9. The Hall–Kier alpha value is -2.75. The highest BCUT2D eigenvalue weighted by molar-refractivity contribution is 6.32. The van der Waals surface area contributed by atoms with E-state index in [2.05, 4.69) is 5.10 Å². The van der Waals surface area contributed by atoms with Crippen LogP contribution in [0, 0.1) is 5.82 Å². The molecule has 0 saturated carbocycles. The van der Waals surface area contributed by atoms with Gasteiger partial charge < -0.3 is 0 Å². The molecule has 0 fully saturated rings. The van der Waals surface area contributed by atoms with E-state index in [0.717, 1.165) is 11.3 Å². The average molecular weight is 280 g/mol. The van der Waals surface area contributed by atoms with Gasteiger partial charge in [0.05, 0.1) is 17.0 Å². The Balaban J connectivity index is 1.94. The van der Waals surface area contributed by atoms with Crippen LogP contribution in [0.5, 0.6) is 0 Å². The van der Waals surface area contributed by atoms with Crippen LogP contribution in [0.1, 0.15) is 12.5 Å². The second-order valence-electron chi connectivity index (χ2n) is 4.75. The summed E-state index contributed by atoms with van der Waals surface area (Å²) in [6.45, 7) is 1.79. The lowest BCUT2D eigenvalue weighted by Crippen LogP contribution is -2.21. The van der Waals surface area contributed by atoms with E-state index in [9.17, 15) is 9.18 Å². The van der Waals surface area contributed by atoms with Gasteiger partial charge in [0.15, 0.2) is 0 Å². The van der Waals surface area contributed by atoms with Gasteiger partial charge in [-0.2, -0.15) is 10.1 Å². The molecule has 0 atom stereocenters. The van der Waals surface area contributed by atoms with Gasteiger partial charge in [-0.1, -0.05) is 30.3 Å². The van der Waals surface area contributed by atoms with Crippen LogP contribution in [0.2, 0.25) is 0 Å². The lowest BCUT2D eigenvalue weighted by Gasteiger charge is -2.10. The zero-order chi connectivity index (χ0) is 14.8. The van der Waals surface area contributed by atoms with Crippen molar-refractivity contribution in [1.82, 2.24) is 0 Å². The predicted molar refractivity (Wildman–Crippen MR) is 81.4 cm³/mol. The molecular weight excluding hydrogens is 267 g/mol. The van der Waals surface area contributed by atoms with Crippen LogP contribution in [0.4, 0.5) is 10.1 Å². The van der Waals surface area contributed by atoms with Gasteiger partial charge in [-0.15, -0.1) is 0 Å². The number of hydrogen-bond donors (Lipinski definition) is 0. The molecule has 2 aromatic rings. The molecule has 0 radical (unpaired) electrons. The molecule has 1 heterocycles. The van der Waals surface area contributed by atoms with E-state index >= 15 is 0 Å². The maximum Gasteiger partial charge on any atom is 0.280 e. The second-order valence-corrected chi connectivity index (χ2v) is 4.75. The molecule has 0 aromatic heterocycles. The highest BCUT2D eigenvalue weighted by Gasteiger charge is 2.28. The van der Waals surface area contributed by atoms with Crippen molar-refractivity contribution in [2.24, 2.45) is 5.10 Å². The molecule has 2 aromatic carbocycles. The molecule has 1 aliphatic heterocycles. The largest absolute Gasteiger partial charge is 0.280 e. The normalized spacial score (nSPS) is 16.5. The van der Waals surface area contributed by atoms with E-state index in [4.69, 9.17) is 0 Å². The van der Waals surface area contributed by atoms with Gasteiger partial charge in [-0.05, 0) is 42.8 Å². The molecule has 0 saturated heterocycles. The van der Waals surface area contributed by atoms with Gasteiger partial charge in [-0.3, -0.25) is 4.79 Å². The quantitative estimate of drug-likeness (QED) is 0.773. The van der Waals surface area contributed by atoms with Gasteiger partial charge >= 0.3 is 0 Å². The summed E-state index contributed by atoms with van der Waals surface area (Å²) in [5.41, 5.74) is 2.66. The topological polar surface area (TPSA) is 32.7 Å². The Morgan fingerprint density at radius 2 is 1.71 bits per heavy atom. The molecule has 0 bridgehead atoms. The number of rotatable bonds is 2. The van der Waals surface area contributed by atoms with Gasteiger partial charge in [0, 0.05) is 0 Å². The molecule has 0 aliphatic carbocycles. The molecule has 1 amide bonds. The van der Waals surface area contributed by atoms with Crippen molar-refractivity contribution in [1.29, 1.82) is 0 Å². The Morgan fingerprint density at radius 3 is 2.38 bits per heavy atom. The highest BCUT2D eigenvalue weighted by atomic mass is 19.1. The molecule has 0 unspecified atom stereocenters. The molecule has 0 spiro atoms. The fraction of sp³-hybridized carbons (Fsp3) is 0.0588. The lowest BCUT2D eigenvalue weighted by molar-refractivity contribution is -0.114. The number of halogens is 1. The van der Waals surface area contributed by atoms with Crippen LogP contribution in [0.25, 0.3) is 6.08 Å². The van der Waals surface area contributed by atoms with Crippen molar-refractivity contribution in [2.75, 3.05) is 5.01 Å². The van der Waals surface area contributed by atoms with Crippen LogP contribution in [0.15, 0.2) is 65.3 Å². The third-order valence-electron chi connectivity index (χ3n) is 3.24. The predicted octanol–water partition coefficient (Wildman–Crippen LogP) is 3.63. The molecule has 3 nitrogen and oxygen atoms in total. The number of hydrazone groups is 1. The minimum atomic E-state index is -0.300. The van der Waals surface area contributed by atoms with Gasteiger partial charge in [0.2, 0.25) is 0 Å². The molecule has 0 N–H and O–H groups in total. The highest BCUT2D eigenvalue weighted by Crippen LogP contribution is 2.24. The van der Waals surface area contributed by atoms with Crippen LogP contribution in [0.3, 0.4) is 0 Å². The Bertz CT molecular complexity index is 733. The first-order valence-electron chi connectivity index (χ1n) is 6.57. The summed E-state index contributed by atoms with van der Waals surface area (Å²) in [4.78, 5) is 12.5. The fourth-order valence-electron chi connectivity index (χ4n) is 2.15. The van der Waals surface area contributed by atoms with E-state index in [1.807, 2.05) is 30.3 Å². The number of para-hydroxylation sites is 1. The molecule has 21 heavy (non-hydrogen) atoms. The van der Waals surface area contributed by atoms with Crippen molar-refractivity contribution < 1.29 is 9.18 Å². The maximum atomic E-state index is 12.9. The van der Waals surface area contributed by atoms with E-state index in [1.165, 1.54) is 17.1 Å². The summed E-state index contributed by atoms with van der Waals surface area (Å²) in [7, 11) is 0. The summed E-state index contributed by atoms with van der Waals surface area (Å²) in [6.07, 6.45) is 1.73. The smallest absolute Gasteiger partial charge is 0.267 e. The zero-order valence-corrected chi connectivity index (χ0v) is 11.5. The minimum Gasteiger partial charge on any atom is -0.267 e. The first-order chi connectivity index (χ1) is 10.1. The van der Waals surface area contributed by atoms with Crippen LogP contribution in [-0.2, 0) is 4.79 Å². The zero-order valence-electron chi connectivity index (χ0n) is 11.5. The fourth-order valence-corrected chi connectivity index (χ4v) is 2.15. The van der Waals surface area contributed by atoms with Crippen molar-refractivity contribution in [3.05, 3.63) is 71.6 Å². The summed E-state index contributed by atoms with van der Waals surface area (Å²) in [5.74, 6) is -0.478. The van der Waals surface area contributed by atoms with Gasteiger partial charge in [-0.25, -0.2) is 4.39 Å². The van der Waals surface area contributed by atoms with E-state index in [1.54, 1.807) is 25.1 Å². The monoisotopic (exact) mass is 280 g/mol. The van der Waals surface area contributed by atoms with Crippen molar-refractivity contribution >= 4 is 23.4 Å². The molecule has 3 rings (SSSR count).